The summed E-state index contributed by atoms with van der Waals surface area (Å²) in [4.78, 5) is 0. The number of hydrogen-bond donors (Lipinski definition) is 0. The number of rotatable bonds is 6. The molecular formula is C14H15ClN4O. The molecule has 104 valence electrons. The molecule has 0 aliphatic carbocycles. The van der Waals surface area contributed by atoms with E-state index in [1.165, 1.54) is 0 Å². The van der Waals surface area contributed by atoms with Gasteiger partial charge < -0.3 is 4.74 Å². The standard InChI is InChI=1S/C14H15ClN4O/c1-2-3-8-19-14(13(9-16)17-18-19)10-20-12-6-4-11(15)5-7-12/h4-7H,2-3,8,10H2,1H3. The first-order valence-corrected chi connectivity index (χ1v) is 6.83. The van der Waals surface area contributed by atoms with Gasteiger partial charge in [0, 0.05) is 11.6 Å². The SMILES string of the molecule is CCCCn1nnc(C#N)c1COc1ccc(Cl)cc1. The Balaban J connectivity index is 2.09. The Morgan fingerprint density at radius 3 is 2.75 bits per heavy atom. The van der Waals surface area contributed by atoms with Crippen molar-refractivity contribution in [3.8, 4) is 11.8 Å². The molecule has 0 fully saturated rings. The predicted molar refractivity (Wildman–Crippen MR) is 75.4 cm³/mol. The highest BCUT2D eigenvalue weighted by Gasteiger charge is 2.13. The number of unbranched alkanes of at least 4 members (excludes halogenated alkanes) is 1. The summed E-state index contributed by atoms with van der Waals surface area (Å²) in [7, 11) is 0. The number of hydrogen-bond acceptors (Lipinski definition) is 4. The predicted octanol–water partition coefficient (Wildman–Crippen LogP) is 3.18. The van der Waals surface area contributed by atoms with Crippen molar-refractivity contribution in [3.05, 3.63) is 40.7 Å². The fourth-order valence-electron chi connectivity index (χ4n) is 1.73. The molecule has 2 aromatic rings. The monoisotopic (exact) mass is 290 g/mol. The Bertz CT molecular complexity index is 601. The molecule has 0 saturated heterocycles. The summed E-state index contributed by atoms with van der Waals surface area (Å²) in [5.41, 5.74) is 1.02. The summed E-state index contributed by atoms with van der Waals surface area (Å²) >= 11 is 5.82. The molecule has 0 unspecified atom stereocenters. The Kier molecular flexibility index (Phi) is 4.97. The zero-order valence-electron chi connectivity index (χ0n) is 11.2. The zero-order valence-corrected chi connectivity index (χ0v) is 12.0. The number of aryl methyl sites for hydroxylation is 1. The van der Waals surface area contributed by atoms with Crippen LogP contribution in [-0.4, -0.2) is 15.0 Å². The van der Waals surface area contributed by atoms with Crippen molar-refractivity contribution in [1.29, 1.82) is 5.26 Å². The minimum absolute atomic E-state index is 0.265. The van der Waals surface area contributed by atoms with E-state index in [2.05, 4.69) is 17.2 Å². The maximum absolute atomic E-state index is 9.05. The summed E-state index contributed by atoms with van der Waals surface area (Å²) in [6, 6.07) is 9.13. The Morgan fingerprint density at radius 1 is 1.35 bits per heavy atom. The summed E-state index contributed by atoms with van der Waals surface area (Å²) in [5.74, 6) is 0.696. The smallest absolute Gasteiger partial charge is 0.189 e. The molecule has 0 saturated carbocycles. The van der Waals surface area contributed by atoms with Crippen molar-refractivity contribution in [2.75, 3.05) is 0 Å². The van der Waals surface area contributed by atoms with Gasteiger partial charge >= 0.3 is 0 Å². The average Bonchev–Trinajstić information content (AvgIpc) is 2.86. The van der Waals surface area contributed by atoms with E-state index in [0.29, 0.717) is 22.2 Å². The van der Waals surface area contributed by atoms with E-state index in [9.17, 15) is 0 Å². The van der Waals surface area contributed by atoms with Gasteiger partial charge in [-0.25, -0.2) is 4.68 Å². The van der Waals surface area contributed by atoms with Crippen molar-refractivity contribution in [2.24, 2.45) is 0 Å². The summed E-state index contributed by atoms with van der Waals surface area (Å²) in [6.07, 6.45) is 2.04. The van der Waals surface area contributed by atoms with Gasteiger partial charge in [0.05, 0.1) is 0 Å². The van der Waals surface area contributed by atoms with Crippen molar-refractivity contribution < 1.29 is 4.74 Å². The van der Waals surface area contributed by atoms with Crippen LogP contribution in [0.4, 0.5) is 0 Å². The molecule has 0 radical (unpaired) electrons. The second kappa shape index (κ2) is 6.92. The van der Waals surface area contributed by atoms with Crippen LogP contribution >= 0.6 is 11.6 Å². The highest BCUT2D eigenvalue weighted by atomic mass is 35.5. The normalized spacial score (nSPS) is 10.2. The fraction of sp³-hybridized carbons (Fsp3) is 0.357. The quantitative estimate of drug-likeness (QED) is 0.819. The first-order valence-electron chi connectivity index (χ1n) is 6.45. The number of nitriles is 1. The van der Waals surface area contributed by atoms with Gasteiger partial charge in [0.25, 0.3) is 0 Å². The maximum atomic E-state index is 9.05. The third kappa shape index (κ3) is 3.49. The molecular weight excluding hydrogens is 276 g/mol. The van der Waals surface area contributed by atoms with Crippen LogP contribution in [0.15, 0.2) is 24.3 Å². The van der Waals surface area contributed by atoms with Crippen LogP contribution < -0.4 is 4.74 Å². The first-order chi connectivity index (χ1) is 9.74. The van der Waals surface area contributed by atoms with Gasteiger partial charge in [-0.1, -0.05) is 30.2 Å². The molecule has 0 atom stereocenters. The summed E-state index contributed by atoms with van der Waals surface area (Å²) in [5, 5.41) is 17.6. The van der Waals surface area contributed by atoms with E-state index < -0.39 is 0 Å². The minimum atomic E-state index is 0.265. The second-order valence-corrected chi connectivity index (χ2v) is 4.75. The number of nitrogens with zero attached hydrogens (tertiary/aromatic N) is 4. The lowest BCUT2D eigenvalue weighted by Crippen LogP contribution is -2.09. The van der Waals surface area contributed by atoms with Gasteiger partial charge in [0.15, 0.2) is 5.69 Å². The fourth-order valence-corrected chi connectivity index (χ4v) is 1.86. The van der Waals surface area contributed by atoms with Gasteiger partial charge in [-0.2, -0.15) is 5.26 Å². The van der Waals surface area contributed by atoms with E-state index in [1.54, 1.807) is 28.9 Å². The van der Waals surface area contributed by atoms with Crippen molar-refractivity contribution in [1.82, 2.24) is 15.0 Å². The van der Waals surface area contributed by atoms with Crippen LogP contribution in [0.25, 0.3) is 0 Å². The molecule has 1 aromatic heterocycles. The molecule has 1 heterocycles. The molecule has 1 aromatic carbocycles. The van der Waals surface area contributed by atoms with Crippen molar-refractivity contribution in [3.63, 3.8) is 0 Å². The minimum Gasteiger partial charge on any atom is -0.487 e. The highest BCUT2D eigenvalue weighted by molar-refractivity contribution is 6.30. The highest BCUT2D eigenvalue weighted by Crippen LogP contribution is 2.17. The number of aromatic nitrogens is 3. The first kappa shape index (κ1) is 14.4. The van der Waals surface area contributed by atoms with Crippen LogP contribution in [0.2, 0.25) is 5.02 Å². The second-order valence-electron chi connectivity index (χ2n) is 4.32. The van der Waals surface area contributed by atoms with Crippen LogP contribution in [0, 0.1) is 11.3 Å². The number of halogens is 1. The van der Waals surface area contributed by atoms with Crippen LogP contribution in [0.1, 0.15) is 31.2 Å². The molecule has 20 heavy (non-hydrogen) atoms. The largest absolute Gasteiger partial charge is 0.487 e. The average molecular weight is 291 g/mol. The topological polar surface area (TPSA) is 63.7 Å². The third-order valence-electron chi connectivity index (χ3n) is 2.86. The Morgan fingerprint density at radius 2 is 2.10 bits per heavy atom. The molecule has 0 amide bonds. The van der Waals surface area contributed by atoms with Crippen LogP contribution in [0.3, 0.4) is 0 Å². The zero-order chi connectivity index (χ0) is 14.4. The Labute approximate surface area is 122 Å². The molecule has 0 spiro atoms. The number of ether oxygens (including phenoxy) is 1. The molecule has 5 nitrogen and oxygen atoms in total. The van der Waals surface area contributed by atoms with Gasteiger partial charge in [-0.05, 0) is 30.7 Å². The van der Waals surface area contributed by atoms with Crippen LogP contribution in [0.5, 0.6) is 5.75 Å². The van der Waals surface area contributed by atoms with Gasteiger partial charge in [-0.15, -0.1) is 5.10 Å². The van der Waals surface area contributed by atoms with E-state index in [-0.39, 0.29) is 6.61 Å². The van der Waals surface area contributed by atoms with Crippen LogP contribution in [-0.2, 0) is 13.2 Å². The summed E-state index contributed by atoms with van der Waals surface area (Å²) < 4.78 is 7.39. The molecule has 0 aliphatic heterocycles. The lowest BCUT2D eigenvalue weighted by Gasteiger charge is -2.08. The van der Waals surface area contributed by atoms with E-state index in [4.69, 9.17) is 21.6 Å². The van der Waals surface area contributed by atoms with Gasteiger partial charge in [0.1, 0.15) is 24.1 Å². The molecule has 0 bridgehead atoms. The van der Waals surface area contributed by atoms with Gasteiger partial charge in [-0.3, -0.25) is 0 Å². The van der Waals surface area contributed by atoms with Crippen molar-refractivity contribution >= 4 is 11.6 Å². The van der Waals surface area contributed by atoms with E-state index in [0.717, 1.165) is 19.4 Å². The van der Waals surface area contributed by atoms with E-state index >= 15 is 0 Å². The van der Waals surface area contributed by atoms with Crippen molar-refractivity contribution in [2.45, 2.75) is 32.9 Å². The van der Waals surface area contributed by atoms with E-state index in [1.807, 2.05) is 6.07 Å². The lowest BCUT2D eigenvalue weighted by atomic mass is 10.3. The Hall–Kier alpha value is -2.06. The van der Waals surface area contributed by atoms with Gasteiger partial charge in [0.2, 0.25) is 0 Å². The molecule has 0 N–H and O–H groups in total. The molecule has 6 heteroatoms. The lowest BCUT2D eigenvalue weighted by molar-refractivity contribution is 0.290. The summed E-state index contributed by atoms with van der Waals surface area (Å²) in [6.45, 7) is 3.11. The number of benzene rings is 1. The maximum Gasteiger partial charge on any atom is 0.189 e. The third-order valence-corrected chi connectivity index (χ3v) is 3.11. The molecule has 0 aliphatic rings. The molecule has 2 rings (SSSR count).